The summed E-state index contributed by atoms with van der Waals surface area (Å²) in [5, 5.41) is 28.5. The number of rotatable bonds is 16. The number of nitrogens with one attached hydrogen (secondary N) is 2. The van der Waals surface area contributed by atoms with E-state index in [2.05, 4.69) is 21.1 Å². The maximum atomic E-state index is 10.0. The first-order valence-corrected chi connectivity index (χ1v) is 17.8. The van der Waals surface area contributed by atoms with Gasteiger partial charge in [0.25, 0.3) is 0 Å². The zero-order chi connectivity index (χ0) is 38.5. The number of hydrazone groups is 2. The molecule has 0 fully saturated rings. The molecule has 15 heteroatoms. The Morgan fingerprint density at radius 1 is 0.509 bits per heavy atom. The Labute approximate surface area is 325 Å². The van der Waals surface area contributed by atoms with Gasteiger partial charge in [-0.15, -0.1) is 22.3 Å². The van der Waals surface area contributed by atoms with Crippen LogP contribution < -0.4 is 39.3 Å². The summed E-state index contributed by atoms with van der Waals surface area (Å²) in [5.41, 5.74) is 8.02. The molecule has 55 heavy (non-hydrogen) atoms. The predicted octanol–water partition coefficient (Wildman–Crippen LogP) is 6.43. The molecule has 2 aliphatic rings. The summed E-state index contributed by atoms with van der Waals surface area (Å²) in [6.07, 6.45) is 0.709. The quantitative estimate of drug-likeness (QED) is 0.0734. The summed E-state index contributed by atoms with van der Waals surface area (Å²) in [6, 6.07) is 20.9. The van der Waals surface area contributed by atoms with Crippen LogP contribution in [0.3, 0.4) is 0 Å². The minimum atomic E-state index is 0. The molecule has 0 aromatic heterocycles. The number of hydrogen-bond acceptors (Lipinski definition) is 14. The maximum Gasteiger partial charge on any atom is 2.00 e. The number of benzene rings is 4. The van der Waals surface area contributed by atoms with E-state index >= 15 is 0 Å². The second kappa shape index (κ2) is 20.3. The van der Waals surface area contributed by atoms with Gasteiger partial charge in [0.2, 0.25) is 23.3 Å². The number of para-hydroxylation sites is 2. The van der Waals surface area contributed by atoms with Crippen LogP contribution in [0.2, 0.25) is 0 Å². The fourth-order valence-electron chi connectivity index (χ4n) is 5.32. The number of aromatic hydroxyl groups is 2. The van der Waals surface area contributed by atoms with Crippen LogP contribution in [0.4, 0.5) is 0 Å². The summed E-state index contributed by atoms with van der Waals surface area (Å²) in [5.74, 6) is 4.25. The van der Waals surface area contributed by atoms with Gasteiger partial charge < -0.3 is 48.1 Å². The van der Waals surface area contributed by atoms with Crippen molar-refractivity contribution >= 4 is 21.9 Å². The molecule has 6 rings (SSSR count). The molecule has 4 aromatic rings. The summed E-state index contributed by atoms with van der Waals surface area (Å²) >= 11 is 0. The van der Waals surface area contributed by atoms with E-state index in [0.717, 1.165) is 0 Å². The number of phenols is 2. The molecule has 288 valence electrons. The first-order valence-electron chi connectivity index (χ1n) is 17.8. The van der Waals surface area contributed by atoms with Crippen molar-refractivity contribution in [2.75, 3.05) is 39.6 Å². The molecule has 4 N–H and O–H groups in total. The molecule has 0 saturated heterocycles. The fourth-order valence-corrected chi connectivity index (χ4v) is 5.32. The zero-order valence-corrected chi connectivity index (χ0v) is 31.9. The van der Waals surface area contributed by atoms with Crippen molar-refractivity contribution in [3.05, 3.63) is 108 Å². The predicted molar refractivity (Wildman–Crippen MR) is 208 cm³/mol. The minimum absolute atomic E-state index is 0. The second-order valence-corrected chi connectivity index (χ2v) is 11.2. The van der Waals surface area contributed by atoms with E-state index in [1.54, 1.807) is 60.7 Å². The van der Waals surface area contributed by atoms with Gasteiger partial charge in [0.15, 0.2) is 23.0 Å². The van der Waals surface area contributed by atoms with Gasteiger partial charge in [0.05, 0.1) is 39.6 Å². The van der Waals surface area contributed by atoms with Crippen LogP contribution in [0.5, 0.6) is 46.0 Å². The summed E-state index contributed by atoms with van der Waals surface area (Å²) in [4.78, 5) is 0. The summed E-state index contributed by atoms with van der Waals surface area (Å²) in [6.45, 7) is 14.3. The van der Waals surface area contributed by atoms with Gasteiger partial charge >= 0.3 is 10.1 Å². The summed E-state index contributed by atoms with van der Waals surface area (Å²) in [7, 11) is 0. The van der Waals surface area contributed by atoms with Crippen molar-refractivity contribution in [2.24, 2.45) is 10.2 Å². The average Bonchev–Trinajstić information content (AvgIpc) is 3.87. The number of hydrogen-bond donors (Lipinski definition) is 4. The topological polar surface area (TPSA) is 163 Å². The van der Waals surface area contributed by atoms with Gasteiger partial charge in [-0.25, -0.2) is 0 Å². The summed E-state index contributed by atoms with van der Waals surface area (Å²) < 4.78 is 46.0. The molecule has 2 heterocycles. The molecular formula is C40H46BeN4O10. The Bertz CT molecular complexity index is 1730. The van der Waals surface area contributed by atoms with Gasteiger partial charge in [-0.3, -0.25) is 10.9 Å². The van der Waals surface area contributed by atoms with E-state index in [4.69, 9.17) is 37.9 Å². The molecule has 0 aliphatic carbocycles. The van der Waals surface area contributed by atoms with Crippen molar-refractivity contribution in [3.63, 3.8) is 0 Å². The van der Waals surface area contributed by atoms with Crippen LogP contribution in [-0.2, 0) is 9.47 Å². The minimum Gasteiger partial charge on any atom is -0.565 e. The van der Waals surface area contributed by atoms with Gasteiger partial charge in [-0.2, -0.15) is 12.1 Å². The van der Waals surface area contributed by atoms with Crippen LogP contribution in [-0.4, -0.2) is 71.8 Å². The first kappa shape index (κ1) is 41.5. The fraction of sp³-hybridized carbons (Fsp3) is 0.300. The molecule has 2 aliphatic heterocycles. The smallest absolute Gasteiger partial charge is 0.565 e. The Kier molecular flexibility index (Phi) is 15.3. The van der Waals surface area contributed by atoms with Crippen LogP contribution >= 0.6 is 0 Å². The number of ether oxygens (including phenoxy) is 8. The van der Waals surface area contributed by atoms with Crippen LogP contribution in [0.25, 0.3) is 0 Å². The maximum absolute atomic E-state index is 10.0. The third kappa shape index (κ3) is 10.0. The Morgan fingerprint density at radius 3 is 1.11 bits per heavy atom. The third-order valence-electron chi connectivity index (χ3n) is 7.52. The van der Waals surface area contributed by atoms with E-state index in [1.807, 2.05) is 53.7 Å². The van der Waals surface area contributed by atoms with Gasteiger partial charge in [-0.05, 0) is 65.8 Å². The number of nitrogens with zero attached hydrogens (tertiary/aromatic N) is 2. The molecule has 14 nitrogen and oxygen atoms in total. The number of phenolic OH excluding ortho intramolecular Hbond substituents is 2. The average molecular weight is 752 g/mol. The van der Waals surface area contributed by atoms with E-state index in [1.165, 1.54) is 0 Å². The molecule has 0 unspecified atom stereocenters. The van der Waals surface area contributed by atoms with Gasteiger partial charge in [0.1, 0.15) is 12.5 Å². The molecule has 0 saturated carbocycles. The monoisotopic (exact) mass is 751 g/mol. The van der Waals surface area contributed by atoms with Crippen molar-refractivity contribution in [3.8, 4) is 46.0 Å². The van der Waals surface area contributed by atoms with E-state index < -0.39 is 0 Å². The largest absolute Gasteiger partial charge is 2.00 e. The molecule has 0 amide bonds. The van der Waals surface area contributed by atoms with Crippen LogP contribution in [0, 0.1) is 12.5 Å². The normalized spacial score (nSPS) is 12.6. The molecule has 0 atom stereocenters. The Hall–Kier alpha value is -6.27. The van der Waals surface area contributed by atoms with Crippen molar-refractivity contribution in [2.45, 2.75) is 41.5 Å². The van der Waals surface area contributed by atoms with Crippen LogP contribution in [0.15, 0.2) is 83.0 Å². The zero-order valence-electron chi connectivity index (χ0n) is 31.9. The van der Waals surface area contributed by atoms with Crippen molar-refractivity contribution in [1.82, 2.24) is 10.9 Å². The molecule has 4 aromatic carbocycles. The van der Waals surface area contributed by atoms with E-state index in [9.17, 15) is 10.2 Å². The molecule has 0 radical (unpaired) electrons. The van der Waals surface area contributed by atoms with E-state index in [-0.39, 0.29) is 21.6 Å². The van der Waals surface area contributed by atoms with E-state index in [0.29, 0.717) is 121 Å². The SMILES string of the molecule is CCOc1cc(C2=NN[C-](c3ccccc3O)O2)cc(OCC)c1OCC.CCOc1cc(C2=NN[C-](c3ccccc3O)O2)cc(OCC)c1OCC.[Be+2]. The Balaban J connectivity index is 0.000000240. The first-order chi connectivity index (χ1) is 26.3. The van der Waals surface area contributed by atoms with Gasteiger partial charge in [-0.1, -0.05) is 35.4 Å². The van der Waals surface area contributed by atoms with Crippen LogP contribution in [0.1, 0.15) is 63.8 Å². The molecular weight excluding hydrogens is 705 g/mol. The molecule has 0 bridgehead atoms. The standard InChI is InChI=1S/2C20H23N2O5.Be/c2*1-4-24-16-11-13(12-17(25-5-2)18(16)26-6-3)19-21-22-20(27-19)14-9-7-8-10-15(14)23;/h2*7-12,22-23H,4-6H2,1-3H3;/q2*-1;+2. The third-order valence-corrected chi connectivity index (χ3v) is 7.52. The van der Waals surface area contributed by atoms with Gasteiger partial charge in [0, 0.05) is 22.6 Å². The Morgan fingerprint density at radius 2 is 0.818 bits per heavy atom. The van der Waals surface area contributed by atoms with Crippen molar-refractivity contribution < 1.29 is 48.1 Å². The second-order valence-electron chi connectivity index (χ2n) is 11.2. The molecule has 0 spiro atoms. The van der Waals surface area contributed by atoms with Crippen molar-refractivity contribution in [1.29, 1.82) is 0 Å².